The molecule has 20 heavy (non-hydrogen) atoms. The van der Waals surface area contributed by atoms with Crippen molar-refractivity contribution in [1.82, 2.24) is 15.3 Å². The van der Waals surface area contributed by atoms with Crippen molar-refractivity contribution in [3.8, 4) is 6.07 Å². The van der Waals surface area contributed by atoms with E-state index < -0.39 is 0 Å². The second-order valence-corrected chi connectivity index (χ2v) is 6.78. The summed E-state index contributed by atoms with van der Waals surface area (Å²) in [6.07, 6.45) is 2.83. The number of nitrogens with zero attached hydrogens (tertiary/aromatic N) is 3. The number of hydrogen-bond acceptors (Lipinski definition) is 5. The van der Waals surface area contributed by atoms with Gasteiger partial charge in [0, 0.05) is 16.6 Å². The van der Waals surface area contributed by atoms with Crippen LogP contribution in [-0.2, 0) is 0 Å². The molecule has 2 rings (SSSR count). The Morgan fingerprint density at radius 3 is 2.55 bits per heavy atom. The molecule has 1 saturated carbocycles. The lowest BCUT2D eigenvalue weighted by Gasteiger charge is -2.21. The van der Waals surface area contributed by atoms with Crippen LogP contribution >= 0.6 is 11.8 Å². The van der Waals surface area contributed by atoms with Crippen molar-refractivity contribution in [3.05, 3.63) is 17.0 Å². The minimum absolute atomic E-state index is 0.346. The van der Waals surface area contributed by atoms with E-state index in [9.17, 15) is 5.26 Å². The third kappa shape index (κ3) is 3.13. The fourth-order valence-electron chi connectivity index (χ4n) is 2.68. The van der Waals surface area contributed by atoms with Gasteiger partial charge in [0.15, 0.2) is 5.16 Å². The average Bonchev–Trinajstić information content (AvgIpc) is 2.80. The van der Waals surface area contributed by atoms with Gasteiger partial charge in [0.05, 0.1) is 6.07 Å². The molecule has 0 bridgehead atoms. The minimum Gasteiger partial charge on any atom is -0.300 e. The van der Waals surface area contributed by atoms with Gasteiger partial charge < -0.3 is 0 Å². The Balaban J connectivity index is 2.08. The Morgan fingerprint density at radius 1 is 1.35 bits per heavy atom. The Kier molecular flexibility index (Phi) is 4.66. The number of aryl methyl sites for hydroxylation is 2. The molecule has 0 spiro atoms. The van der Waals surface area contributed by atoms with Crippen LogP contribution < -0.4 is 5.32 Å². The molecule has 0 saturated heterocycles. The zero-order valence-corrected chi connectivity index (χ0v) is 13.5. The third-order valence-corrected chi connectivity index (χ3v) is 5.21. The van der Waals surface area contributed by atoms with E-state index in [1.54, 1.807) is 11.8 Å². The molecule has 0 amide bonds. The van der Waals surface area contributed by atoms with Crippen molar-refractivity contribution in [1.29, 1.82) is 5.26 Å². The standard InChI is InChI=1S/C15H22N4S/c1-5-17-15(9-16)7-6-13(8-15)20-14-18-11(3)10(2)12(4)19-14/h13,17H,5-8H2,1-4H3. The van der Waals surface area contributed by atoms with E-state index in [0.717, 1.165) is 42.4 Å². The highest BCUT2D eigenvalue weighted by molar-refractivity contribution is 7.99. The lowest BCUT2D eigenvalue weighted by Crippen LogP contribution is -2.41. The topological polar surface area (TPSA) is 61.6 Å². The zero-order valence-electron chi connectivity index (χ0n) is 12.7. The zero-order chi connectivity index (χ0) is 14.8. The molecule has 0 aromatic carbocycles. The van der Waals surface area contributed by atoms with Crippen molar-refractivity contribution in [2.45, 2.75) is 62.9 Å². The highest BCUT2D eigenvalue weighted by Gasteiger charge is 2.39. The lowest BCUT2D eigenvalue weighted by atomic mass is 10.0. The summed E-state index contributed by atoms with van der Waals surface area (Å²) in [7, 11) is 0. The van der Waals surface area contributed by atoms with Gasteiger partial charge in [-0.3, -0.25) is 5.32 Å². The number of aromatic nitrogens is 2. The van der Waals surface area contributed by atoms with E-state index in [4.69, 9.17) is 0 Å². The Morgan fingerprint density at radius 2 is 2.00 bits per heavy atom. The van der Waals surface area contributed by atoms with Crippen LogP contribution in [0.1, 0.15) is 43.1 Å². The predicted molar refractivity (Wildman–Crippen MR) is 81.8 cm³/mol. The molecular weight excluding hydrogens is 268 g/mol. The van der Waals surface area contributed by atoms with Crippen LogP contribution in [-0.4, -0.2) is 27.3 Å². The monoisotopic (exact) mass is 290 g/mol. The summed E-state index contributed by atoms with van der Waals surface area (Å²) < 4.78 is 0. The quantitative estimate of drug-likeness (QED) is 0.864. The molecule has 1 heterocycles. The van der Waals surface area contributed by atoms with Crippen molar-refractivity contribution in [2.24, 2.45) is 0 Å². The number of nitrogens with one attached hydrogen (secondary N) is 1. The van der Waals surface area contributed by atoms with Crippen molar-refractivity contribution >= 4 is 11.8 Å². The molecule has 2 unspecified atom stereocenters. The van der Waals surface area contributed by atoms with Crippen molar-refractivity contribution in [3.63, 3.8) is 0 Å². The summed E-state index contributed by atoms with van der Waals surface area (Å²) in [6.45, 7) is 9.00. The van der Waals surface area contributed by atoms with E-state index in [-0.39, 0.29) is 5.54 Å². The van der Waals surface area contributed by atoms with Gasteiger partial charge in [-0.15, -0.1) is 0 Å². The Labute approximate surface area is 125 Å². The molecule has 1 fully saturated rings. The van der Waals surface area contributed by atoms with Gasteiger partial charge in [0.2, 0.25) is 0 Å². The van der Waals surface area contributed by atoms with Crippen LogP contribution in [0.3, 0.4) is 0 Å². The van der Waals surface area contributed by atoms with Gasteiger partial charge >= 0.3 is 0 Å². The fraction of sp³-hybridized carbons (Fsp3) is 0.667. The molecule has 5 heteroatoms. The highest BCUT2D eigenvalue weighted by atomic mass is 32.2. The van der Waals surface area contributed by atoms with Crippen LogP contribution in [0.25, 0.3) is 0 Å². The number of nitriles is 1. The maximum absolute atomic E-state index is 9.40. The van der Waals surface area contributed by atoms with Crippen LogP contribution in [0, 0.1) is 32.1 Å². The predicted octanol–water partition coefficient (Wildman–Crippen LogP) is 2.92. The van der Waals surface area contributed by atoms with Gasteiger partial charge in [-0.2, -0.15) is 5.26 Å². The van der Waals surface area contributed by atoms with E-state index in [0.29, 0.717) is 5.25 Å². The van der Waals surface area contributed by atoms with Crippen LogP contribution in [0.5, 0.6) is 0 Å². The maximum Gasteiger partial charge on any atom is 0.188 e. The second kappa shape index (κ2) is 6.11. The summed E-state index contributed by atoms with van der Waals surface area (Å²) >= 11 is 1.72. The molecule has 1 aliphatic carbocycles. The second-order valence-electron chi connectivity index (χ2n) is 5.51. The first-order chi connectivity index (χ1) is 9.49. The molecule has 2 atom stereocenters. The first-order valence-electron chi connectivity index (χ1n) is 7.14. The molecule has 1 aromatic rings. The van der Waals surface area contributed by atoms with Gasteiger partial charge in [-0.25, -0.2) is 9.97 Å². The molecule has 4 nitrogen and oxygen atoms in total. The smallest absolute Gasteiger partial charge is 0.188 e. The van der Waals surface area contributed by atoms with Gasteiger partial charge in [0.25, 0.3) is 0 Å². The number of hydrogen-bond donors (Lipinski definition) is 1. The molecule has 0 aliphatic heterocycles. The largest absolute Gasteiger partial charge is 0.300 e. The Bertz CT molecular complexity index is 514. The molecule has 108 valence electrons. The lowest BCUT2D eigenvalue weighted by molar-refractivity contribution is 0.436. The number of rotatable bonds is 4. The summed E-state index contributed by atoms with van der Waals surface area (Å²) in [5, 5.41) is 14.0. The average molecular weight is 290 g/mol. The van der Waals surface area contributed by atoms with E-state index in [1.807, 2.05) is 13.8 Å². The number of thioether (sulfide) groups is 1. The first kappa shape index (κ1) is 15.3. The van der Waals surface area contributed by atoms with Gasteiger partial charge in [-0.1, -0.05) is 18.7 Å². The van der Waals surface area contributed by atoms with Gasteiger partial charge in [-0.05, 0) is 52.1 Å². The van der Waals surface area contributed by atoms with Crippen LogP contribution in [0.15, 0.2) is 5.16 Å². The first-order valence-corrected chi connectivity index (χ1v) is 8.02. The van der Waals surface area contributed by atoms with Gasteiger partial charge in [0.1, 0.15) is 5.54 Å². The minimum atomic E-state index is -0.346. The molecule has 1 N–H and O–H groups in total. The summed E-state index contributed by atoms with van der Waals surface area (Å²) in [5.41, 5.74) is 2.92. The third-order valence-electron chi connectivity index (χ3n) is 4.08. The van der Waals surface area contributed by atoms with E-state index >= 15 is 0 Å². The summed E-state index contributed by atoms with van der Waals surface area (Å²) in [6, 6.07) is 2.46. The summed E-state index contributed by atoms with van der Waals surface area (Å²) in [4.78, 5) is 9.13. The Hall–Kier alpha value is -1.12. The molecular formula is C15H22N4S. The van der Waals surface area contributed by atoms with E-state index in [2.05, 4.69) is 35.2 Å². The van der Waals surface area contributed by atoms with Crippen LogP contribution in [0.4, 0.5) is 0 Å². The molecule has 0 radical (unpaired) electrons. The molecule has 1 aromatic heterocycles. The SMILES string of the molecule is CCNC1(C#N)CCC(Sc2nc(C)c(C)c(C)n2)C1. The summed E-state index contributed by atoms with van der Waals surface area (Å²) in [5.74, 6) is 0. The van der Waals surface area contributed by atoms with E-state index in [1.165, 1.54) is 5.56 Å². The van der Waals surface area contributed by atoms with Crippen LogP contribution in [0.2, 0.25) is 0 Å². The highest BCUT2D eigenvalue weighted by Crippen LogP contribution is 2.39. The normalized spacial score (nSPS) is 25.6. The van der Waals surface area contributed by atoms with Crippen molar-refractivity contribution in [2.75, 3.05) is 6.54 Å². The molecule has 1 aliphatic rings. The fourth-order valence-corrected chi connectivity index (χ4v) is 3.96. The van der Waals surface area contributed by atoms with Crippen molar-refractivity contribution < 1.29 is 0 Å². The maximum atomic E-state index is 9.40.